The highest BCUT2D eigenvalue weighted by Crippen LogP contribution is 2.16. The summed E-state index contributed by atoms with van der Waals surface area (Å²) >= 11 is 0. The van der Waals surface area contributed by atoms with Crippen LogP contribution in [0.2, 0.25) is 0 Å². The Morgan fingerprint density at radius 3 is 2.73 bits per heavy atom. The summed E-state index contributed by atoms with van der Waals surface area (Å²) in [6, 6.07) is 7.37. The summed E-state index contributed by atoms with van der Waals surface area (Å²) in [6.07, 6.45) is 3.27. The molecule has 0 radical (unpaired) electrons. The highest BCUT2D eigenvalue weighted by atomic mass is 16.5. The van der Waals surface area contributed by atoms with Gasteiger partial charge in [0.2, 0.25) is 0 Å². The zero-order chi connectivity index (χ0) is 18.4. The maximum Gasteiger partial charge on any atom is 0.254 e. The first-order valence-corrected chi connectivity index (χ1v) is 8.83. The standard InChI is InChI=1S/C19H25N5O2/c1-16(2)13-26-18-5-3-4-17(12-18)19(25)23-9-6-22(7-10-23)8-11-24-15-20-14-21-24/h3-5,12,14-15H,1,6-11,13H2,2H3. The van der Waals surface area contributed by atoms with E-state index in [2.05, 4.69) is 21.6 Å². The summed E-state index contributed by atoms with van der Waals surface area (Å²) in [7, 11) is 0. The van der Waals surface area contributed by atoms with Crippen molar-refractivity contribution in [2.24, 2.45) is 0 Å². The van der Waals surface area contributed by atoms with Crippen LogP contribution in [0.3, 0.4) is 0 Å². The number of aromatic nitrogens is 3. The van der Waals surface area contributed by atoms with Crippen molar-refractivity contribution in [3.05, 3.63) is 54.6 Å². The van der Waals surface area contributed by atoms with E-state index in [1.165, 1.54) is 0 Å². The third-order valence-electron chi connectivity index (χ3n) is 4.34. The molecule has 138 valence electrons. The molecule has 2 aromatic rings. The highest BCUT2D eigenvalue weighted by Gasteiger charge is 2.22. The molecule has 1 aliphatic rings. The molecule has 1 saturated heterocycles. The van der Waals surface area contributed by atoms with Gasteiger partial charge in [0, 0.05) is 38.3 Å². The quantitative estimate of drug-likeness (QED) is 0.707. The van der Waals surface area contributed by atoms with Gasteiger partial charge in [0.05, 0.1) is 6.54 Å². The summed E-state index contributed by atoms with van der Waals surface area (Å²) < 4.78 is 7.47. The summed E-state index contributed by atoms with van der Waals surface area (Å²) in [4.78, 5) is 21.0. The number of benzene rings is 1. The van der Waals surface area contributed by atoms with Gasteiger partial charge in [-0.2, -0.15) is 5.10 Å². The molecule has 2 heterocycles. The van der Waals surface area contributed by atoms with Gasteiger partial charge in [0.1, 0.15) is 25.0 Å². The van der Waals surface area contributed by atoms with Gasteiger partial charge >= 0.3 is 0 Å². The summed E-state index contributed by atoms with van der Waals surface area (Å²) in [5.41, 5.74) is 1.61. The molecular formula is C19H25N5O2. The molecule has 1 amide bonds. The van der Waals surface area contributed by atoms with Gasteiger partial charge in [-0.1, -0.05) is 12.6 Å². The summed E-state index contributed by atoms with van der Waals surface area (Å²) in [5, 5.41) is 4.11. The van der Waals surface area contributed by atoms with Crippen LogP contribution in [0, 0.1) is 0 Å². The van der Waals surface area contributed by atoms with Crippen LogP contribution >= 0.6 is 0 Å². The second-order valence-corrected chi connectivity index (χ2v) is 6.57. The molecule has 1 fully saturated rings. The topological polar surface area (TPSA) is 63.5 Å². The lowest BCUT2D eigenvalue weighted by molar-refractivity contribution is 0.0631. The van der Waals surface area contributed by atoms with Crippen molar-refractivity contribution >= 4 is 5.91 Å². The van der Waals surface area contributed by atoms with Gasteiger partial charge < -0.3 is 9.64 Å². The number of ether oxygens (including phenoxy) is 1. The van der Waals surface area contributed by atoms with Gasteiger partial charge in [-0.3, -0.25) is 14.4 Å². The van der Waals surface area contributed by atoms with Crippen LogP contribution in [0.1, 0.15) is 17.3 Å². The number of amides is 1. The van der Waals surface area contributed by atoms with Crippen molar-refractivity contribution in [1.29, 1.82) is 0 Å². The van der Waals surface area contributed by atoms with E-state index in [1.54, 1.807) is 12.7 Å². The molecule has 0 unspecified atom stereocenters. The minimum atomic E-state index is 0.0571. The lowest BCUT2D eigenvalue weighted by atomic mass is 10.1. The van der Waals surface area contributed by atoms with E-state index >= 15 is 0 Å². The number of nitrogens with zero attached hydrogens (tertiary/aromatic N) is 5. The molecule has 0 aliphatic carbocycles. The molecule has 1 aromatic heterocycles. The van der Waals surface area contributed by atoms with Gasteiger partial charge in [-0.25, -0.2) is 4.98 Å². The fraction of sp³-hybridized carbons (Fsp3) is 0.421. The number of hydrogen-bond acceptors (Lipinski definition) is 5. The smallest absolute Gasteiger partial charge is 0.254 e. The first kappa shape index (κ1) is 18.1. The van der Waals surface area contributed by atoms with Crippen LogP contribution in [0.15, 0.2) is 49.1 Å². The minimum absolute atomic E-state index is 0.0571. The Morgan fingerprint density at radius 1 is 1.23 bits per heavy atom. The predicted molar refractivity (Wildman–Crippen MR) is 99.1 cm³/mol. The first-order chi connectivity index (χ1) is 12.6. The van der Waals surface area contributed by atoms with Crippen molar-refractivity contribution in [1.82, 2.24) is 24.6 Å². The van der Waals surface area contributed by atoms with Crippen molar-refractivity contribution in [3.8, 4) is 5.75 Å². The largest absolute Gasteiger partial charge is 0.489 e. The van der Waals surface area contributed by atoms with Crippen molar-refractivity contribution in [2.45, 2.75) is 13.5 Å². The number of carbonyl (C=O) groups excluding carboxylic acids is 1. The highest BCUT2D eigenvalue weighted by molar-refractivity contribution is 5.94. The SMILES string of the molecule is C=C(C)COc1cccc(C(=O)N2CCN(CCn3cncn3)CC2)c1. The zero-order valence-electron chi connectivity index (χ0n) is 15.2. The number of hydrogen-bond donors (Lipinski definition) is 0. The zero-order valence-corrected chi connectivity index (χ0v) is 15.2. The Morgan fingerprint density at radius 2 is 2.04 bits per heavy atom. The fourth-order valence-electron chi connectivity index (χ4n) is 2.87. The number of carbonyl (C=O) groups is 1. The third kappa shape index (κ3) is 4.92. The molecule has 1 aromatic carbocycles. The molecule has 7 nitrogen and oxygen atoms in total. The van der Waals surface area contributed by atoms with E-state index in [0.717, 1.165) is 44.8 Å². The van der Waals surface area contributed by atoms with Crippen molar-refractivity contribution < 1.29 is 9.53 Å². The Balaban J connectivity index is 1.50. The second-order valence-electron chi connectivity index (χ2n) is 6.57. The summed E-state index contributed by atoms with van der Waals surface area (Å²) in [6.45, 7) is 11.1. The van der Waals surface area contributed by atoms with E-state index in [-0.39, 0.29) is 5.91 Å². The molecular weight excluding hydrogens is 330 g/mol. The van der Waals surface area contributed by atoms with Crippen LogP contribution < -0.4 is 4.74 Å². The number of rotatable bonds is 7. The van der Waals surface area contributed by atoms with Crippen LogP contribution in [0.5, 0.6) is 5.75 Å². The van der Waals surface area contributed by atoms with Crippen molar-refractivity contribution in [2.75, 3.05) is 39.3 Å². The van der Waals surface area contributed by atoms with Crippen LogP contribution in [0.4, 0.5) is 0 Å². The molecule has 26 heavy (non-hydrogen) atoms. The molecule has 3 rings (SSSR count). The van der Waals surface area contributed by atoms with Crippen molar-refractivity contribution in [3.63, 3.8) is 0 Å². The van der Waals surface area contributed by atoms with E-state index in [0.29, 0.717) is 17.9 Å². The third-order valence-corrected chi connectivity index (χ3v) is 4.34. The van der Waals surface area contributed by atoms with Crippen LogP contribution in [-0.4, -0.2) is 69.8 Å². The average molecular weight is 355 g/mol. The Labute approximate surface area is 153 Å². The fourth-order valence-corrected chi connectivity index (χ4v) is 2.87. The molecule has 0 N–H and O–H groups in total. The van der Waals surface area contributed by atoms with Gasteiger partial charge in [-0.05, 0) is 30.7 Å². The lowest BCUT2D eigenvalue weighted by Crippen LogP contribution is -2.49. The van der Waals surface area contributed by atoms with E-state index in [9.17, 15) is 4.79 Å². The Bertz CT molecular complexity index is 736. The first-order valence-electron chi connectivity index (χ1n) is 8.83. The lowest BCUT2D eigenvalue weighted by Gasteiger charge is -2.34. The van der Waals surface area contributed by atoms with E-state index in [1.807, 2.05) is 40.8 Å². The van der Waals surface area contributed by atoms with Crippen LogP contribution in [0.25, 0.3) is 0 Å². The van der Waals surface area contributed by atoms with E-state index in [4.69, 9.17) is 4.74 Å². The maximum atomic E-state index is 12.8. The van der Waals surface area contributed by atoms with Crippen LogP contribution in [-0.2, 0) is 6.54 Å². The number of piperazine rings is 1. The molecule has 0 saturated carbocycles. The second kappa shape index (κ2) is 8.62. The van der Waals surface area contributed by atoms with E-state index < -0.39 is 0 Å². The molecule has 0 spiro atoms. The summed E-state index contributed by atoms with van der Waals surface area (Å²) in [5.74, 6) is 0.756. The Kier molecular flexibility index (Phi) is 6.01. The normalized spacial score (nSPS) is 15.0. The monoisotopic (exact) mass is 355 g/mol. The maximum absolute atomic E-state index is 12.8. The minimum Gasteiger partial charge on any atom is -0.489 e. The van der Waals surface area contributed by atoms with Gasteiger partial charge in [0.15, 0.2) is 0 Å². The average Bonchev–Trinajstić information content (AvgIpc) is 3.18. The van der Waals surface area contributed by atoms with Gasteiger partial charge in [-0.15, -0.1) is 0 Å². The molecule has 1 aliphatic heterocycles. The van der Waals surface area contributed by atoms with Gasteiger partial charge in [0.25, 0.3) is 5.91 Å². The molecule has 0 bridgehead atoms. The molecule has 7 heteroatoms. The predicted octanol–water partition coefficient (Wildman–Crippen LogP) is 1.69. The molecule has 0 atom stereocenters. The Hall–Kier alpha value is -2.67.